The summed E-state index contributed by atoms with van der Waals surface area (Å²) in [7, 11) is -0.445. The largest absolute Gasteiger partial charge is 0.301 e. The van der Waals surface area contributed by atoms with Gasteiger partial charge in [-0.3, -0.25) is 34.6 Å². The van der Waals surface area contributed by atoms with Crippen LogP contribution in [0, 0.1) is 30.6 Å². The lowest BCUT2D eigenvalue weighted by atomic mass is 9.82. The molecule has 11 nitrogen and oxygen atoms in total. The van der Waals surface area contributed by atoms with E-state index in [2.05, 4.69) is 5.43 Å². The molecule has 0 aliphatic carbocycles. The Hall–Kier alpha value is -3.58. The summed E-state index contributed by atoms with van der Waals surface area (Å²) >= 11 is 0. The third-order valence-electron chi connectivity index (χ3n) is 6.36. The van der Waals surface area contributed by atoms with Crippen molar-refractivity contribution in [2.75, 3.05) is 27.2 Å². The number of hydrogen-bond acceptors (Lipinski definition) is 7. The first kappa shape index (κ1) is 38.4. The number of aryl methyl sites for hydroxylation is 1. The Labute approximate surface area is 262 Å². The molecular formula is C32H48N4O7S. The molecule has 0 aromatic heterocycles. The summed E-state index contributed by atoms with van der Waals surface area (Å²) in [5.41, 5.74) is 6.41. The van der Waals surface area contributed by atoms with Gasteiger partial charge in [-0.25, -0.2) is 5.48 Å². The monoisotopic (exact) mass is 632 g/mol. The van der Waals surface area contributed by atoms with E-state index in [1.807, 2.05) is 77.1 Å². The number of nitrogens with zero attached hydrogens (tertiary/aromatic N) is 2. The van der Waals surface area contributed by atoms with Crippen LogP contribution >= 0.6 is 0 Å². The number of hydrogen-bond donors (Lipinski definition) is 4. The Morgan fingerprint density at radius 3 is 1.95 bits per heavy atom. The van der Waals surface area contributed by atoms with Crippen molar-refractivity contribution in [1.82, 2.24) is 20.8 Å². The van der Waals surface area contributed by atoms with Crippen molar-refractivity contribution in [2.24, 2.45) is 23.7 Å². The third kappa shape index (κ3) is 14.7. The van der Waals surface area contributed by atoms with Gasteiger partial charge in [0.25, 0.3) is 16.0 Å². The summed E-state index contributed by atoms with van der Waals surface area (Å²) in [4.78, 5) is 40.3. The molecule has 3 amide bonds. The van der Waals surface area contributed by atoms with Crippen LogP contribution in [0.25, 0.3) is 6.08 Å². The zero-order chi connectivity index (χ0) is 33.4. The molecule has 4 N–H and O–H groups in total. The van der Waals surface area contributed by atoms with Gasteiger partial charge < -0.3 is 4.90 Å². The van der Waals surface area contributed by atoms with Crippen molar-refractivity contribution in [3.8, 4) is 0 Å². The molecule has 2 aromatic carbocycles. The van der Waals surface area contributed by atoms with Crippen LogP contribution in [-0.4, -0.2) is 73.0 Å². The van der Waals surface area contributed by atoms with E-state index in [4.69, 9.17) is 4.55 Å². The number of benzene rings is 2. The van der Waals surface area contributed by atoms with E-state index >= 15 is 0 Å². The second-order valence-corrected chi connectivity index (χ2v) is 13.2. The standard InChI is InChI=1S/C25H40N4O4.C7H8O3S/c1-18(2)15-22(24(31)26-29(16-19(3)4)23(30)17-28(5)6)21(25(32)27-33)14-10-13-20-11-8-7-9-12-20;1-6-2-4-7(5-3-6)11(8,9)10/h7-13,18-19,21-22,33H,14-17H2,1-6H3,(H,26,31)(H,27,32);2-5H,1H3,(H,8,9,10)/b13-10+;/t21-,22+;/m0./s1. The van der Waals surface area contributed by atoms with Gasteiger partial charge in [0.15, 0.2) is 0 Å². The van der Waals surface area contributed by atoms with Crippen molar-refractivity contribution in [1.29, 1.82) is 0 Å². The van der Waals surface area contributed by atoms with Crippen molar-refractivity contribution in [3.05, 3.63) is 71.8 Å². The molecule has 0 spiro atoms. The molecule has 0 aliphatic heterocycles. The van der Waals surface area contributed by atoms with Gasteiger partial charge in [-0.05, 0) is 63.4 Å². The molecule has 0 unspecified atom stereocenters. The first-order valence-electron chi connectivity index (χ1n) is 14.5. The number of nitrogens with one attached hydrogen (secondary N) is 2. The van der Waals surface area contributed by atoms with E-state index in [1.165, 1.54) is 17.1 Å². The topological polar surface area (TPSA) is 156 Å². The summed E-state index contributed by atoms with van der Waals surface area (Å²) in [6.07, 6.45) is 4.41. The van der Waals surface area contributed by atoms with Crippen LogP contribution in [0.5, 0.6) is 0 Å². The van der Waals surface area contributed by atoms with Gasteiger partial charge in [-0.2, -0.15) is 8.42 Å². The molecule has 0 bridgehead atoms. The second-order valence-electron chi connectivity index (χ2n) is 11.8. The molecule has 0 aliphatic rings. The molecule has 12 heteroatoms. The van der Waals surface area contributed by atoms with Gasteiger partial charge in [0.1, 0.15) is 0 Å². The lowest BCUT2D eigenvalue weighted by Crippen LogP contribution is -2.53. The van der Waals surface area contributed by atoms with Gasteiger partial charge in [-0.15, -0.1) is 0 Å². The number of carbonyl (C=O) groups is 3. The number of hydrazine groups is 1. The van der Waals surface area contributed by atoms with E-state index in [9.17, 15) is 28.0 Å². The van der Waals surface area contributed by atoms with E-state index in [0.29, 0.717) is 13.0 Å². The number of rotatable bonds is 13. The molecular weight excluding hydrogens is 584 g/mol. The number of amides is 3. The van der Waals surface area contributed by atoms with Crippen LogP contribution in [-0.2, 0) is 24.5 Å². The molecule has 0 heterocycles. The average Bonchev–Trinajstić information content (AvgIpc) is 2.93. The highest BCUT2D eigenvalue weighted by molar-refractivity contribution is 7.85. The highest BCUT2D eigenvalue weighted by Crippen LogP contribution is 2.26. The van der Waals surface area contributed by atoms with Gasteiger partial charge in [0.2, 0.25) is 11.8 Å². The zero-order valence-corrected chi connectivity index (χ0v) is 27.5. The number of likely N-dealkylation sites (N-methyl/N-ethyl adjacent to an activating group) is 1. The van der Waals surface area contributed by atoms with Crippen molar-refractivity contribution >= 4 is 33.9 Å². The highest BCUT2D eigenvalue weighted by Gasteiger charge is 2.35. The maximum absolute atomic E-state index is 13.4. The fraction of sp³-hybridized carbons (Fsp3) is 0.469. The molecule has 2 rings (SSSR count). The summed E-state index contributed by atoms with van der Waals surface area (Å²) in [6, 6.07) is 15.6. The Morgan fingerprint density at radius 1 is 0.886 bits per heavy atom. The smallest absolute Gasteiger partial charge is 0.294 e. The fourth-order valence-corrected chi connectivity index (χ4v) is 4.75. The Morgan fingerprint density at radius 2 is 1.48 bits per heavy atom. The van der Waals surface area contributed by atoms with Crippen LogP contribution in [0.3, 0.4) is 0 Å². The molecule has 0 fully saturated rings. The third-order valence-corrected chi connectivity index (χ3v) is 7.23. The predicted octanol–water partition coefficient (Wildman–Crippen LogP) is 4.19. The highest BCUT2D eigenvalue weighted by atomic mass is 32.2. The first-order chi connectivity index (χ1) is 20.5. The number of hydroxylamine groups is 1. The lowest BCUT2D eigenvalue weighted by molar-refractivity contribution is -0.148. The number of carbonyl (C=O) groups excluding carboxylic acids is 3. The maximum Gasteiger partial charge on any atom is 0.294 e. The van der Waals surface area contributed by atoms with E-state index < -0.39 is 33.8 Å². The molecule has 2 aromatic rings. The van der Waals surface area contributed by atoms with Gasteiger partial charge in [-0.1, -0.05) is 87.9 Å². The van der Waals surface area contributed by atoms with E-state index in [0.717, 1.165) is 11.1 Å². The summed E-state index contributed by atoms with van der Waals surface area (Å²) in [5.74, 6) is -2.49. The van der Waals surface area contributed by atoms with E-state index in [-0.39, 0.29) is 35.6 Å². The Balaban J connectivity index is 0.000000733. The Bertz CT molecular complexity index is 1310. The van der Waals surface area contributed by atoms with Gasteiger partial charge in [0.05, 0.1) is 23.3 Å². The van der Waals surface area contributed by atoms with Crippen LogP contribution in [0.1, 0.15) is 51.7 Å². The number of allylic oxidation sites excluding steroid dienone is 1. The van der Waals surface area contributed by atoms with Crippen LogP contribution in [0.15, 0.2) is 65.6 Å². The second kappa shape index (κ2) is 18.9. The zero-order valence-electron chi connectivity index (χ0n) is 26.7. The molecule has 44 heavy (non-hydrogen) atoms. The van der Waals surface area contributed by atoms with Crippen LogP contribution < -0.4 is 10.9 Å². The normalized spacial score (nSPS) is 12.9. The maximum atomic E-state index is 13.4. The van der Waals surface area contributed by atoms with Gasteiger partial charge in [0, 0.05) is 6.54 Å². The SMILES string of the molecule is CC(C)C[C@@H](C(=O)NN(CC(C)C)C(=O)CN(C)C)[C@H](C/C=C/c1ccccc1)C(=O)NO.Cc1ccc(S(=O)(=O)O)cc1. The Kier molecular flexibility index (Phi) is 16.6. The molecule has 0 saturated heterocycles. The van der Waals surface area contributed by atoms with Crippen LogP contribution in [0.2, 0.25) is 0 Å². The minimum Gasteiger partial charge on any atom is -0.301 e. The van der Waals surface area contributed by atoms with E-state index in [1.54, 1.807) is 36.6 Å². The first-order valence-corrected chi connectivity index (χ1v) is 15.9. The van der Waals surface area contributed by atoms with Crippen molar-refractivity contribution in [2.45, 2.75) is 52.4 Å². The fourth-order valence-electron chi connectivity index (χ4n) is 4.27. The molecule has 0 radical (unpaired) electrons. The minimum atomic E-state index is -4.02. The minimum absolute atomic E-state index is 0.0666. The average molecular weight is 633 g/mol. The van der Waals surface area contributed by atoms with Crippen molar-refractivity contribution < 1.29 is 32.6 Å². The van der Waals surface area contributed by atoms with Crippen molar-refractivity contribution in [3.63, 3.8) is 0 Å². The summed E-state index contributed by atoms with van der Waals surface area (Å²) in [5, 5.41) is 10.7. The lowest BCUT2D eigenvalue weighted by Gasteiger charge is -2.31. The predicted molar refractivity (Wildman–Crippen MR) is 171 cm³/mol. The quantitative estimate of drug-likeness (QED) is 0.146. The molecule has 244 valence electrons. The van der Waals surface area contributed by atoms with Crippen LogP contribution in [0.4, 0.5) is 0 Å². The van der Waals surface area contributed by atoms with Gasteiger partial charge >= 0.3 is 0 Å². The molecule has 2 atom stereocenters. The summed E-state index contributed by atoms with van der Waals surface area (Å²) in [6.45, 7) is 10.2. The summed E-state index contributed by atoms with van der Waals surface area (Å²) < 4.78 is 29.6. The molecule has 0 saturated carbocycles.